The minimum absolute atomic E-state index is 0.224. The molecule has 2 rings (SSSR count). The van der Waals surface area contributed by atoms with E-state index in [0.29, 0.717) is 18.7 Å². The first-order valence-electron chi connectivity index (χ1n) is 7.16. The van der Waals surface area contributed by atoms with Crippen LogP contribution in [0.2, 0.25) is 0 Å². The van der Waals surface area contributed by atoms with Crippen molar-refractivity contribution in [1.82, 2.24) is 19.2 Å². The summed E-state index contributed by atoms with van der Waals surface area (Å²) in [6, 6.07) is 7.98. The summed E-state index contributed by atoms with van der Waals surface area (Å²) in [6.45, 7) is 2.76. The van der Waals surface area contributed by atoms with E-state index < -0.39 is 16.3 Å². The summed E-state index contributed by atoms with van der Waals surface area (Å²) in [4.78, 5) is 16.6. The van der Waals surface area contributed by atoms with E-state index >= 15 is 0 Å². The molecule has 1 unspecified atom stereocenters. The smallest absolute Gasteiger partial charge is 0.277 e. The molecule has 0 spiro atoms. The predicted molar refractivity (Wildman–Crippen MR) is 84.4 cm³/mol. The van der Waals surface area contributed by atoms with E-state index in [0.717, 1.165) is 13.1 Å². The number of hydrogen-bond donors (Lipinski definition) is 2. The molecule has 0 saturated carbocycles. The Hall–Kier alpha value is -1.48. The van der Waals surface area contributed by atoms with Crippen LogP contribution in [0.5, 0.6) is 0 Å². The normalized spacial score (nSPS) is 18.2. The zero-order valence-electron chi connectivity index (χ0n) is 12.8. The molecule has 8 heteroatoms. The lowest BCUT2D eigenvalue weighted by Gasteiger charge is -2.34. The molecule has 1 aromatic rings. The Bertz CT molecular complexity index is 598. The maximum atomic E-state index is 12.8. The molecule has 1 aliphatic rings. The van der Waals surface area contributed by atoms with Gasteiger partial charge in [-0.1, -0.05) is 30.3 Å². The van der Waals surface area contributed by atoms with Gasteiger partial charge < -0.3 is 9.80 Å². The number of nitrogens with one attached hydrogen (secondary N) is 2. The van der Waals surface area contributed by atoms with Crippen molar-refractivity contribution in [3.8, 4) is 0 Å². The molecule has 0 radical (unpaired) electrons. The molecule has 2 N–H and O–H groups in total. The third-order valence-electron chi connectivity index (χ3n) is 3.74. The van der Waals surface area contributed by atoms with Crippen LogP contribution in [0.1, 0.15) is 11.6 Å². The van der Waals surface area contributed by atoms with Crippen LogP contribution in [0.15, 0.2) is 30.3 Å². The standard InChI is InChI=1S/C14H22N4O3S/c1-15-22(20,21)16-13(12-6-4-3-5-7-12)14(19)18-10-8-17(2)9-11-18/h3-7,13,15-16H,8-11H2,1-2H3. The molecular formula is C14H22N4O3S. The molecule has 1 atom stereocenters. The monoisotopic (exact) mass is 326 g/mol. The second-order valence-corrected chi connectivity index (χ2v) is 6.95. The SMILES string of the molecule is CNS(=O)(=O)NC(C(=O)N1CCN(C)CC1)c1ccccc1. The minimum Gasteiger partial charge on any atom is -0.338 e. The second-order valence-electron chi connectivity index (χ2n) is 5.30. The molecule has 1 aromatic carbocycles. The first-order chi connectivity index (χ1) is 10.4. The molecule has 1 amide bonds. The van der Waals surface area contributed by atoms with Crippen LogP contribution in [-0.2, 0) is 15.0 Å². The number of amides is 1. The molecule has 0 aromatic heterocycles. The number of carbonyl (C=O) groups is 1. The Morgan fingerprint density at radius 3 is 2.27 bits per heavy atom. The van der Waals surface area contributed by atoms with Crippen LogP contribution in [0.3, 0.4) is 0 Å². The summed E-state index contributed by atoms with van der Waals surface area (Å²) >= 11 is 0. The van der Waals surface area contributed by atoms with E-state index in [-0.39, 0.29) is 5.91 Å². The summed E-state index contributed by atoms with van der Waals surface area (Å²) < 4.78 is 28.3. The van der Waals surface area contributed by atoms with Crippen LogP contribution in [0.4, 0.5) is 0 Å². The van der Waals surface area contributed by atoms with Crippen LogP contribution < -0.4 is 9.44 Å². The first kappa shape index (κ1) is 16.9. The largest absolute Gasteiger partial charge is 0.338 e. The number of rotatable bonds is 5. The average molecular weight is 326 g/mol. The number of hydrogen-bond acceptors (Lipinski definition) is 4. The van der Waals surface area contributed by atoms with Crippen LogP contribution in [0, 0.1) is 0 Å². The number of carbonyl (C=O) groups excluding carboxylic acids is 1. The van der Waals surface area contributed by atoms with Crippen LogP contribution >= 0.6 is 0 Å². The summed E-state index contributed by atoms with van der Waals surface area (Å²) in [6.07, 6.45) is 0. The maximum Gasteiger partial charge on any atom is 0.277 e. The van der Waals surface area contributed by atoms with Gasteiger partial charge in [0.1, 0.15) is 6.04 Å². The van der Waals surface area contributed by atoms with E-state index in [9.17, 15) is 13.2 Å². The summed E-state index contributed by atoms with van der Waals surface area (Å²) in [5.74, 6) is -0.224. The van der Waals surface area contributed by atoms with Gasteiger partial charge in [-0.05, 0) is 12.6 Å². The van der Waals surface area contributed by atoms with Gasteiger partial charge in [0.2, 0.25) is 5.91 Å². The zero-order valence-corrected chi connectivity index (χ0v) is 13.6. The van der Waals surface area contributed by atoms with Crippen molar-refractivity contribution in [3.05, 3.63) is 35.9 Å². The summed E-state index contributed by atoms with van der Waals surface area (Å²) in [5, 5.41) is 0. The number of nitrogens with zero attached hydrogens (tertiary/aromatic N) is 2. The Balaban J connectivity index is 2.22. The van der Waals surface area contributed by atoms with Gasteiger partial charge in [-0.15, -0.1) is 0 Å². The highest BCUT2D eigenvalue weighted by Crippen LogP contribution is 2.17. The third-order valence-corrected chi connectivity index (χ3v) is 4.82. The van der Waals surface area contributed by atoms with Crippen molar-refractivity contribution in [2.75, 3.05) is 40.3 Å². The molecule has 7 nitrogen and oxygen atoms in total. The lowest BCUT2D eigenvalue weighted by Crippen LogP contribution is -2.52. The first-order valence-corrected chi connectivity index (χ1v) is 8.64. The summed E-state index contributed by atoms with van der Waals surface area (Å²) in [5.41, 5.74) is 0.630. The molecule has 1 saturated heterocycles. The fourth-order valence-electron chi connectivity index (χ4n) is 2.33. The Labute approximate surface area is 131 Å². The van der Waals surface area contributed by atoms with E-state index in [4.69, 9.17) is 0 Å². The van der Waals surface area contributed by atoms with Crippen LogP contribution in [0.25, 0.3) is 0 Å². The van der Waals surface area contributed by atoms with E-state index in [1.54, 1.807) is 29.2 Å². The predicted octanol–water partition coefficient (Wildman–Crippen LogP) is -0.444. The molecular weight excluding hydrogens is 304 g/mol. The van der Waals surface area contributed by atoms with E-state index in [1.807, 2.05) is 13.1 Å². The van der Waals surface area contributed by atoms with Gasteiger partial charge in [-0.3, -0.25) is 4.79 Å². The van der Waals surface area contributed by atoms with Gasteiger partial charge in [0.15, 0.2) is 0 Å². The molecule has 1 aliphatic heterocycles. The minimum atomic E-state index is -3.72. The van der Waals surface area contributed by atoms with Crippen molar-refractivity contribution < 1.29 is 13.2 Å². The fraction of sp³-hybridized carbons (Fsp3) is 0.500. The Morgan fingerprint density at radius 1 is 1.14 bits per heavy atom. The Kier molecular flexibility index (Phi) is 5.52. The highest BCUT2D eigenvalue weighted by atomic mass is 32.2. The van der Waals surface area contributed by atoms with Crippen molar-refractivity contribution >= 4 is 16.1 Å². The topological polar surface area (TPSA) is 81.8 Å². The molecule has 0 bridgehead atoms. The van der Waals surface area contributed by atoms with Gasteiger partial charge >= 0.3 is 0 Å². The number of piperazine rings is 1. The maximum absolute atomic E-state index is 12.8. The molecule has 1 heterocycles. The van der Waals surface area contributed by atoms with Gasteiger partial charge in [-0.2, -0.15) is 13.1 Å². The zero-order chi connectivity index (χ0) is 16.2. The second kappa shape index (κ2) is 7.19. The van der Waals surface area contributed by atoms with Crippen molar-refractivity contribution in [2.45, 2.75) is 6.04 Å². The number of likely N-dealkylation sites (N-methyl/N-ethyl adjacent to an activating group) is 1. The van der Waals surface area contributed by atoms with Gasteiger partial charge in [-0.25, -0.2) is 4.72 Å². The van der Waals surface area contributed by atoms with Gasteiger partial charge in [0.25, 0.3) is 10.2 Å². The molecule has 1 fully saturated rings. The van der Waals surface area contributed by atoms with Gasteiger partial charge in [0.05, 0.1) is 0 Å². The average Bonchev–Trinajstić information content (AvgIpc) is 2.53. The van der Waals surface area contributed by atoms with E-state index in [1.165, 1.54) is 7.05 Å². The number of benzene rings is 1. The lowest BCUT2D eigenvalue weighted by atomic mass is 10.1. The quantitative estimate of drug-likeness (QED) is 0.768. The van der Waals surface area contributed by atoms with Crippen molar-refractivity contribution in [1.29, 1.82) is 0 Å². The van der Waals surface area contributed by atoms with Crippen LogP contribution in [-0.4, -0.2) is 64.4 Å². The van der Waals surface area contributed by atoms with Crippen molar-refractivity contribution in [3.63, 3.8) is 0 Å². The molecule has 122 valence electrons. The van der Waals surface area contributed by atoms with Gasteiger partial charge in [0, 0.05) is 33.2 Å². The van der Waals surface area contributed by atoms with E-state index in [2.05, 4.69) is 14.3 Å². The highest BCUT2D eigenvalue weighted by molar-refractivity contribution is 7.87. The molecule has 0 aliphatic carbocycles. The van der Waals surface area contributed by atoms with Crippen molar-refractivity contribution in [2.24, 2.45) is 0 Å². The fourth-order valence-corrected chi connectivity index (χ4v) is 3.00. The molecule has 22 heavy (non-hydrogen) atoms. The summed E-state index contributed by atoms with van der Waals surface area (Å²) in [7, 11) is -0.409. The lowest BCUT2D eigenvalue weighted by molar-refractivity contribution is -0.134. The highest BCUT2D eigenvalue weighted by Gasteiger charge is 2.30. The Morgan fingerprint density at radius 2 is 1.73 bits per heavy atom. The third kappa shape index (κ3) is 4.26.